The van der Waals surface area contributed by atoms with Gasteiger partial charge in [-0.1, -0.05) is 26.0 Å². The first-order valence-corrected chi connectivity index (χ1v) is 6.89. The lowest BCUT2D eigenvalue weighted by Gasteiger charge is -2.11. The molecule has 0 amide bonds. The summed E-state index contributed by atoms with van der Waals surface area (Å²) in [7, 11) is 0. The lowest BCUT2D eigenvalue weighted by molar-refractivity contribution is 0.588. The second kappa shape index (κ2) is 5.67. The molecule has 0 fully saturated rings. The summed E-state index contributed by atoms with van der Waals surface area (Å²) < 4.78 is 2.89. The summed E-state index contributed by atoms with van der Waals surface area (Å²) in [4.78, 5) is 0. The van der Waals surface area contributed by atoms with Gasteiger partial charge in [0.15, 0.2) is 0 Å². The van der Waals surface area contributed by atoms with Gasteiger partial charge in [-0.25, -0.2) is 4.68 Å². The van der Waals surface area contributed by atoms with Crippen molar-refractivity contribution in [2.24, 2.45) is 0 Å². The van der Waals surface area contributed by atoms with Crippen molar-refractivity contribution in [3.8, 4) is 5.69 Å². The molecule has 0 atom stereocenters. The van der Waals surface area contributed by atoms with Crippen molar-refractivity contribution in [1.29, 1.82) is 0 Å². The topological polar surface area (TPSA) is 29.9 Å². The number of rotatable bonds is 4. The lowest BCUT2D eigenvalue weighted by Crippen LogP contribution is -2.21. The number of aryl methyl sites for hydroxylation is 1. The molecular formula is C14H18BrN3. The Morgan fingerprint density at radius 1 is 1.39 bits per heavy atom. The van der Waals surface area contributed by atoms with E-state index in [4.69, 9.17) is 0 Å². The summed E-state index contributed by atoms with van der Waals surface area (Å²) in [5.41, 5.74) is 3.62. The average Bonchev–Trinajstić information content (AvgIpc) is 2.74. The fourth-order valence-corrected chi connectivity index (χ4v) is 2.05. The zero-order valence-electron chi connectivity index (χ0n) is 10.9. The minimum Gasteiger partial charge on any atom is -0.310 e. The van der Waals surface area contributed by atoms with Crippen molar-refractivity contribution in [3.63, 3.8) is 0 Å². The predicted octanol–water partition coefficient (Wildman–Crippen LogP) is 3.44. The molecule has 0 aliphatic rings. The number of nitrogens with zero attached hydrogens (tertiary/aromatic N) is 2. The molecule has 0 aliphatic carbocycles. The molecule has 0 bridgehead atoms. The van der Waals surface area contributed by atoms with E-state index in [1.54, 1.807) is 6.20 Å². The summed E-state index contributed by atoms with van der Waals surface area (Å²) in [6.07, 6.45) is 3.78. The molecule has 0 radical (unpaired) electrons. The molecule has 2 rings (SSSR count). The number of hydrogen-bond donors (Lipinski definition) is 1. The van der Waals surface area contributed by atoms with E-state index in [1.807, 2.05) is 10.9 Å². The van der Waals surface area contributed by atoms with Crippen LogP contribution in [0.25, 0.3) is 5.69 Å². The van der Waals surface area contributed by atoms with Gasteiger partial charge in [-0.2, -0.15) is 5.10 Å². The molecule has 1 aromatic heterocycles. The highest BCUT2D eigenvalue weighted by Crippen LogP contribution is 2.18. The highest BCUT2D eigenvalue weighted by Gasteiger charge is 2.05. The molecule has 18 heavy (non-hydrogen) atoms. The van der Waals surface area contributed by atoms with Crippen LogP contribution in [0.5, 0.6) is 0 Å². The molecule has 96 valence electrons. The van der Waals surface area contributed by atoms with E-state index in [0.29, 0.717) is 6.04 Å². The average molecular weight is 308 g/mol. The Labute approximate surface area is 116 Å². The minimum atomic E-state index is 0.494. The van der Waals surface area contributed by atoms with Crippen molar-refractivity contribution >= 4 is 15.9 Å². The Morgan fingerprint density at radius 3 is 2.78 bits per heavy atom. The van der Waals surface area contributed by atoms with E-state index in [0.717, 1.165) is 16.7 Å². The number of aromatic nitrogens is 2. The van der Waals surface area contributed by atoms with Gasteiger partial charge in [-0.15, -0.1) is 0 Å². The van der Waals surface area contributed by atoms with Gasteiger partial charge >= 0.3 is 0 Å². The van der Waals surface area contributed by atoms with E-state index in [1.165, 1.54) is 11.1 Å². The Bertz CT molecular complexity index is 532. The zero-order valence-corrected chi connectivity index (χ0v) is 12.5. The summed E-state index contributed by atoms with van der Waals surface area (Å²) in [5.74, 6) is 0. The number of halogens is 1. The maximum atomic E-state index is 4.33. The van der Waals surface area contributed by atoms with E-state index >= 15 is 0 Å². The van der Waals surface area contributed by atoms with Crippen molar-refractivity contribution in [2.75, 3.05) is 0 Å². The summed E-state index contributed by atoms with van der Waals surface area (Å²) >= 11 is 3.43. The molecule has 0 spiro atoms. The monoisotopic (exact) mass is 307 g/mol. The zero-order chi connectivity index (χ0) is 13.1. The highest BCUT2D eigenvalue weighted by atomic mass is 79.9. The SMILES string of the molecule is Cc1ccc(CNC(C)C)cc1-n1cc(Br)cn1. The Kier molecular flexibility index (Phi) is 4.19. The molecule has 0 saturated carbocycles. The van der Waals surface area contributed by atoms with Crippen LogP contribution in [-0.4, -0.2) is 15.8 Å². The molecule has 0 unspecified atom stereocenters. The fraction of sp³-hybridized carbons (Fsp3) is 0.357. The third kappa shape index (κ3) is 3.21. The van der Waals surface area contributed by atoms with Gasteiger partial charge in [-0.3, -0.25) is 0 Å². The maximum Gasteiger partial charge on any atom is 0.0678 e. The van der Waals surface area contributed by atoms with Crippen molar-refractivity contribution < 1.29 is 0 Å². The van der Waals surface area contributed by atoms with Crippen molar-refractivity contribution in [3.05, 3.63) is 46.2 Å². The summed E-state index contributed by atoms with van der Waals surface area (Å²) in [5, 5.41) is 7.76. The Hall–Kier alpha value is -1.13. The van der Waals surface area contributed by atoms with Gasteiger partial charge in [0.2, 0.25) is 0 Å². The first-order chi connectivity index (χ1) is 8.56. The Balaban J connectivity index is 2.27. The number of benzene rings is 1. The minimum absolute atomic E-state index is 0.494. The molecule has 1 heterocycles. The molecule has 3 nitrogen and oxygen atoms in total. The first kappa shape index (κ1) is 13.3. The van der Waals surface area contributed by atoms with Crippen LogP contribution in [0.15, 0.2) is 35.1 Å². The van der Waals surface area contributed by atoms with Gasteiger partial charge < -0.3 is 5.32 Å². The second-order valence-electron chi connectivity index (χ2n) is 4.76. The van der Waals surface area contributed by atoms with Crippen LogP contribution in [0.2, 0.25) is 0 Å². The van der Waals surface area contributed by atoms with Gasteiger partial charge in [0.05, 0.1) is 16.4 Å². The standard InChI is InChI=1S/C14H18BrN3/c1-10(2)16-7-12-5-4-11(3)14(6-12)18-9-13(15)8-17-18/h4-6,8-10,16H,7H2,1-3H3. The third-order valence-corrected chi connectivity index (χ3v) is 3.20. The van der Waals surface area contributed by atoms with Gasteiger partial charge in [0.25, 0.3) is 0 Å². The molecule has 2 aromatic rings. The fourth-order valence-electron chi connectivity index (χ4n) is 1.77. The van der Waals surface area contributed by atoms with Gasteiger partial charge in [0.1, 0.15) is 0 Å². The maximum absolute atomic E-state index is 4.33. The highest BCUT2D eigenvalue weighted by molar-refractivity contribution is 9.10. The molecular weight excluding hydrogens is 290 g/mol. The van der Waals surface area contributed by atoms with Crippen LogP contribution in [-0.2, 0) is 6.54 Å². The largest absolute Gasteiger partial charge is 0.310 e. The first-order valence-electron chi connectivity index (χ1n) is 6.09. The van der Waals surface area contributed by atoms with Crippen LogP contribution in [0, 0.1) is 6.92 Å². The summed E-state index contributed by atoms with van der Waals surface area (Å²) in [6, 6.07) is 6.98. The second-order valence-corrected chi connectivity index (χ2v) is 5.68. The van der Waals surface area contributed by atoms with Crippen molar-refractivity contribution in [1.82, 2.24) is 15.1 Å². The van der Waals surface area contributed by atoms with Gasteiger partial charge in [-0.05, 0) is 40.0 Å². The number of nitrogens with one attached hydrogen (secondary N) is 1. The quantitative estimate of drug-likeness (QED) is 0.937. The predicted molar refractivity (Wildman–Crippen MR) is 78.0 cm³/mol. The van der Waals surface area contributed by atoms with E-state index in [9.17, 15) is 0 Å². The van der Waals surface area contributed by atoms with Crippen LogP contribution in [0.4, 0.5) is 0 Å². The summed E-state index contributed by atoms with van der Waals surface area (Å²) in [6.45, 7) is 7.29. The van der Waals surface area contributed by atoms with Crippen LogP contribution in [0.1, 0.15) is 25.0 Å². The number of hydrogen-bond acceptors (Lipinski definition) is 2. The van der Waals surface area contributed by atoms with E-state index < -0.39 is 0 Å². The van der Waals surface area contributed by atoms with E-state index in [2.05, 4.69) is 65.3 Å². The molecule has 4 heteroatoms. The Morgan fingerprint density at radius 2 is 2.17 bits per heavy atom. The third-order valence-electron chi connectivity index (χ3n) is 2.79. The van der Waals surface area contributed by atoms with Crippen LogP contribution >= 0.6 is 15.9 Å². The van der Waals surface area contributed by atoms with Crippen LogP contribution < -0.4 is 5.32 Å². The van der Waals surface area contributed by atoms with Crippen molar-refractivity contribution in [2.45, 2.75) is 33.4 Å². The van der Waals surface area contributed by atoms with E-state index in [-0.39, 0.29) is 0 Å². The lowest BCUT2D eigenvalue weighted by atomic mass is 10.1. The molecule has 1 aromatic carbocycles. The molecule has 0 aliphatic heterocycles. The smallest absolute Gasteiger partial charge is 0.0678 e. The van der Waals surface area contributed by atoms with Crippen LogP contribution in [0.3, 0.4) is 0 Å². The van der Waals surface area contributed by atoms with Gasteiger partial charge in [0, 0.05) is 18.8 Å². The normalized spacial score (nSPS) is 11.2. The molecule has 0 saturated heterocycles. The molecule has 1 N–H and O–H groups in total.